The topological polar surface area (TPSA) is 114 Å². The van der Waals surface area contributed by atoms with Gasteiger partial charge in [-0.3, -0.25) is 14.9 Å². The van der Waals surface area contributed by atoms with E-state index >= 15 is 0 Å². The molecule has 0 heterocycles. The van der Waals surface area contributed by atoms with Gasteiger partial charge in [-0.1, -0.05) is 30.3 Å². The maximum Gasteiger partial charge on any atom is 0.379 e. The molecule has 0 aliphatic rings. The van der Waals surface area contributed by atoms with Gasteiger partial charge < -0.3 is 18.9 Å². The van der Waals surface area contributed by atoms with E-state index in [0.717, 1.165) is 0 Å². The number of hydrogen-bond acceptors (Lipinski definition) is 8. The van der Waals surface area contributed by atoms with E-state index in [1.807, 2.05) is 0 Å². The standard InChI is InChI=1S/C20H21NO8/c22-19(16-4-2-1-3-5-16)20(23)29-15-13-27-11-10-26-12-14-28-18-8-6-17(7-9-18)21(24)25/h1-9H,10-15H2. The van der Waals surface area contributed by atoms with Gasteiger partial charge in [-0.15, -0.1) is 0 Å². The van der Waals surface area contributed by atoms with Crippen LogP contribution < -0.4 is 4.74 Å². The minimum Gasteiger partial charge on any atom is -0.491 e. The van der Waals surface area contributed by atoms with Crippen molar-refractivity contribution in [2.45, 2.75) is 0 Å². The fourth-order valence-corrected chi connectivity index (χ4v) is 2.17. The highest BCUT2D eigenvalue weighted by atomic mass is 16.6. The maximum atomic E-state index is 11.8. The van der Waals surface area contributed by atoms with Crippen LogP contribution in [-0.2, 0) is 19.0 Å². The van der Waals surface area contributed by atoms with E-state index in [1.54, 1.807) is 30.3 Å². The van der Waals surface area contributed by atoms with E-state index in [-0.39, 0.29) is 31.1 Å². The van der Waals surface area contributed by atoms with Gasteiger partial charge >= 0.3 is 5.97 Å². The first kappa shape index (κ1) is 22.0. The number of carbonyl (C=O) groups excluding carboxylic acids is 2. The Labute approximate surface area is 167 Å². The predicted octanol–water partition coefficient (Wildman–Crippen LogP) is 2.43. The molecule has 0 aliphatic carbocycles. The first-order chi connectivity index (χ1) is 14.1. The summed E-state index contributed by atoms with van der Waals surface area (Å²) in [7, 11) is 0. The number of nitro benzene ring substituents is 1. The van der Waals surface area contributed by atoms with Gasteiger partial charge in [0.05, 0.1) is 31.4 Å². The Balaban J connectivity index is 1.45. The molecule has 0 N–H and O–H groups in total. The van der Waals surface area contributed by atoms with Crippen molar-refractivity contribution in [1.29, 1.82) is 0 Å². The predicted molar refractivity (Wildman–Crippen MR) is 102 cm³/mol. The number of benzene rings is 2. The van der Waals surface area contributed by atoms with E-state index in [9.17, 15) is 19.7 Å². The Bertz CT molecular complexity index is 792. The monoisotopic (exact) mass is 403 g/mol. The Hall–Kier alpha value is -3.30. The van der Waals surface area contributed by atoms with E-state index in [0.29, 0.717) is 25.6 Å². The Kier molecular flexibility index (Phi) is 9.26. The summed E-state index contributed by atoms with van der Waals surface area (Å²) in [6.07, 6.45) is 0. The van der Waals surface area contributed by atoms with Crippen molar-refractivity contribution < 1.29 is 33.5 Å². The van der Waals surface area contributed by atoms with Crippen LogP contribution in [0.25, 0.3) is 0 Å². The highest BCUT2D eigenvalue weighted by molar-refractivity contribution is 6.40. The smallest absolute Gasteiger partial charge is 0.379 e. The molecule has 154 valence electrons. The highest BCUT2D eigenvalue weighted by Gasteiger charge is 2.17. The second kappa shape index (κ2) is 12.2. The van der Waals surface area contributed by atoms with Crippen LogP contribution in [0.2, 0.25) is 0 Å². The van der Waals surface area contributed by atoms with Gasteiger partial charge in [0.15, 0.2) is 0 Å². The number of esters is 1. The fraction of sp³-hybridized carbons (Fsp3) is 0.300. The molecule has 0 unspecified atom stereocenters. The minimum absolute atomic E-state index is 0.000796. The number of rotatable bonds is 13. The van der Waals surface area contributed by atoms with Crippen LogP contribution in [-0.4, -0.2) is 56.3 Å². The number of nitro groups is 1. The average molecular weight is 403 g/mol. The van der Waals surface area contributed by atoms with Gasteiger partial charge in [0.25, 0.3) is 11.5 Å². The normalized spacial score (nSPS) is 10.3. The summed E-state index contributed by atoms with van der Waals surface area (Å²) in [5, 5.41) is 10.6. The Morgan fingerprint density at radius 2 is 1.38 bits per heavy atom. The first-order valence-corrected chi connectivity index (χ1v) is 8.87. The molecule has 0 fully saturated rings. The Morgan fingerprint density at radius 3 is 2.00 bits per heavy atom. The summed E-state index contributed by atoms with van der Waals surface area (Å²) in [4.78, 5) is 33.5. The molecule has 9 nitrogen and oxygen atoms in total. The van der Waals surface area contributed by atoms with Crippen LogP contribution in [0.5, 0.6) is 5.75 Å². The number of Topliss-reactive ketones (excluding diaryl/α,β-unsaturated/α-hetero) is 1. The van der Waals surface area contributed by atoms with Crippen molar-refractivity contribution in [2.24, 2.45) is 0 Å². The number of hydrogen-bond donors (Lipinski definition) is 0. The quantitative estimate of drug-likeness (QED) is 0.125. The summed E-state index contributed by atoms with van der Waals surface area (Å²) in [5.41, 5.74) is 0.281. The van der Waals surface area contributed by atoms with Gasteiger partial charge in [0, 0.05) is 17.7 Å². The lowest BCUT2D eigenvalue weighted by molar-refractivity contribution is -0.384. The van der Waals surface area contributed by atoms with Gasteiger partial charge in [-0.2, -0.15) is 0 Å². The van der Waals surface area contributed by atoms with Crippen LogP contribution in [0.4, 0.5) is 5.69 Å². The first-order valence-electron chi connectivity index (χ1n) is 8.87. The maximum absolute atomic E-state index is 11.8. The number of carbonyl (C=O) groups is 2. The summed E-state index contributed by atoms with van der Waals surface area (Å²) in [5.74, 6) is -1.09. The van der Waals surface area contributed by atoms with Crippen LogP contribution in [0.3, 0.4) is 0 Å². The molecule has 0 saturated heterocycles. The van der Waals surface area contributed by atoms with Crippen molar-refractivity contribution in [3.8, 4) is 5.75 Å². The molecule has 0 bridgehead atoms. The zero-order chi connectivity index (χ0) is 20.9. The molecular weight excluding hydrogens is 382 g/mol. The average Bonchev–Trinajstić information content (AvgIpc) is 2.75. The molecule has 0 spiro atoms. The molecule has 2 aromatic carbocycles. The molecular formula is C20H21NO8. The van der Waals surface area contributed by atoms with E-state index in [2.05, 4.69) is 0 Å². The van der Waals surface area contributed by atoms with E-state index < -0.39 is 16.7 Å². The lowest BCUT2D eigenvalue weighted by Crippen LogP contribution is -2.20. The SMILES string of the molecule is O=C(OCCOCCOCCOc1ccc([N+](=O)[O-])cc1)C(=O)c1ccccc1. The van der Waals surface area contributed by atoms with Gasteiger partial charge in [0.2, 0.25) is 0 Å². The lowest BCUT2D eigenvalue weighted by atomic mass is 10.1. The van der Waals surface area contributed by atoms with Crippen molar-refractivity contribution in [3.63, 3.8) is 0 Å². The number of non-ortho nitro benzene ring substituents is 1. The molecule has 0 aliphatic heterocycles. The molecule has 2 rings (SSSR count). The molecule has 0 saturated carbocycles. The van der Waals surface area contributed by atoms with Gasteiger partial charge in [-0.05, 0) is 12.1 Å². The van der Waals surface area contributed by atoms with Crippen molar-refractivity contribution in [1.82, 2.24) is 0 Å². The summed E-state index contributed by atoms with van der Waals surface area (Å²) >= 11 is 0. The zero-order valence-corrected chi connectivity index (χ0v) is 15.7. The third-order valence-electron chi connectivity index (χ3n) is 3.60. The van der Waals surface area contributed by atoms with Crippen LogP contribution in [0.15, 0.2) is 54.6 Å². The van der Waals surface area contributed by atoms with Crippen LogP contribution >= 0.6 is 0 Å². The second-order valence-corrected chi connectivity index (χ2v) is 5.66. The lowest BCUT2D eigenvalue weighted by Gasteiger charge is -2.08. The number of nitrogens with zero attached hydrogens (tertiary/aromatic N) is 1. The second-order valence-electron chi connectivity index (χ2n) is 5.66. The van der Waals surface area contributed by atoms with E-state index in [1.165, 1.54) is 24.3 Å². The molecule has 0 radical (unpaired) electrons. The third-order valence-corrected chi connectivity index (χ3v) is 3.60. The number of ether oxygens (including phenoxy) is 4. The Morgan fingerprint density at radius 1 is 0.793 bits per heavy atom. The van der Waals surface area contributed by atoms with E-state index in [4.69, 9.17) is 18.9 Å². The van der Waals surface area contributed by atoms with Crippen molar-refractivity contribution >= 4 is 17.4 Å². The molecule has 0 aromatic heterocycles. The van der Waals surface area contributed by atoms with Crippen molar-refractivity contribution in [2.75, 3.05) is 39.6 Å². The molecule has 9 heteroatoms. The summed E-state index contributed by atoms with van der Waals surface area (Å²) in [6, 6.07) is 13.9. The summed E-state index contributed by atoms with van der Waals surface area (Å²) in [6.45, 7) is 1.34. The van der Waals surface area contributed by atoms with Crippen LogP contribution in [0, 0.1) is 10.1 Å². The van der Waals surface area contributed by atoms with Gasteiger partial charge in [0.1, 0.15) is 19.0 Å². The number of ketones is 1. The fourth-order valence-electron chi connectivity index (χ4n) is 2.17. The largest absolute Gasteiger partial charge is 0.491 e. The third kappa shape index (κ3) is 8.08. The molecule has 0 atom stereocenters. The molecule has 0 amide bonds. The zero-order valence-electron chi connectivity index (χ0n) is 15.7. The summed E-state index contributed by atoms with van der Waals surface area (Å²) < 4.78 is 20.8. The van der Waals surface area contributed by atoms with Crippen LogP contribution in [0.1, 0.15) is 10.4 Å². The van der Waals surface area contributed by atoms with Gasteiger partial charge in [-0.25, -0.2) is 4.79 Å². The molecule has 29 heavy (non-hydrogen) atoms. The minimum atomic E-state index is -0.917. The molecule has 2 aromatic rings. The highest BCUT2D eigenvalue weighted by Crippen LogP contribution is 2.17. The van der Waals surface area contributed by atoms with Crippen molar-refractivity contribution in [3.05, 3.63) is 70.3 Å².